The Morgan fingerprint density at radius 1 is 0.270 bits per heavy atom. The Balaban J connectivity index is -0.00000117. The molecule has 0 radical (unpaired) electrons. The van der Waals surface area contributed by atoms with Crippen LogP contribution in [0.4, 0.5) is 35.1 Å². The highest BCUT2D eigenvalue weighted by atomic mass is 35.5. The van der Waals surface area contributed by atoms with E-state index in [2.05, 4.69) is 229 Å². The van der Waals surface area contributed by atoms with Gasteiger partial charge in [-0.3, -0.25) is 0 Å². The van der Waals surface area contributed by atoms with Crippen LogP contribution >= 0.6 is 22.9 Å². The minimum atomic E-state index is -4.24. The molecule has 10 heteroatoms. The molecule has 0 spiro atoms. The molecular formula is C101H141ClF8S. The van der Waals surface area contributed by atoms with Gasteiger partial charge in [0, 0.05) is 14.8 Å². The third-order valence-corrected chi connectivity index (χ3v) is 18.8. The number of thiophene rings is 1. The van der Waals surface area contributed by atoms with Gasteiger partial charge in [0.25, 0.3) is 0 Å². The highest BCUT2D eigenvalue weighted by Gasteiger charge is 2.31. The monoisotopic (exact) mass is 1570 g/mol. The van der Waals surface area contributed by atoms with E-state index in [-0.39, 0.29) is 51.6 Å². The zero-order chi connectivity index (χ0) is 82.6. The van der Waals surface area contributed by atoms with Crippen LogP contribution in [0.1, 0.15) is 330 Å². The molecule has 0 aliphatic rings. The maximum atomic E-state index is 12.8. The van der Waals surface area contributed by atoms with Crippen LogP contribution in [0.25, 0.3) is 0 Å². The summed E-state index contributed by atoms with van der Waals surface area (Å²) < 4.78 is 101. The van der Waals surface area contributed by atoms with E-state index in [4.69, 9.17) is 11.6 Å². The standard InChI is InChI=1S/C11H13F3.C10H13Cl.C10H12F2.3C10H13F.2C10H14.C9H12.C8H12S.3CH4/c1-7(2)9-4-8(3)5-10(6-9)11(12,13)14;1-7(2)9-4-8(3)5-10(11)6-9;1-6(2)8-4-7(3)10(12)9(11)5-8;2*1-7(2)9-4-8(3)5-10(11)6-9;1-7(2)9-4-5-10(11)8(3)6-9;2*1-8(2)10-6-4-9(3)5-7-10;1-8(2)9-6-4-3-5-7-9;1-6(2)8-5-4-7(3)9-8;;;/h4-7H,1-3H3;4-7H,1-3H3;4-6H,1-3H3;3*4-7H,1-3H3;2*4-8H,1-3H3;3-8H,1-2H3;4-6H,1-3H3;3*1H4. The largest absolute Gasteiger partial charge is 0.416 e. The molecule has 9 aromatic carbocycles. The molecule has 0 amide bonds. The van der Waals surface area contributed by atoms with Gasteiger partial charge < -0.3 is 0 Å². The first-order valence-corrected chi connectivity index (χ1v) is 39.3. The molecule has 0 bridgehead atoms. The number of alkyl halides is 3. The van der Waals surface area contributed by atoms with Crippen LogP contribution in [0.2, 0.25) is 5.02 Å². The van der Waals surface area contributed by atoms with Crippen molar-refractivity contribution in [3.8, 4) is 0 Å². The van der Waals surface area contributed by atoms with Gasteiger partial charge in [-0.15, -0.1) is 11.3 Å². The maximum Gasteiger partial charge on any atom is 0.416 e. The van der Waals surface area contributed by atoms with E-state index in [9.17, 15) is 35.1 Å². The molecule has 1 heterocycles. The van der Waals surface area contributed by atoms with Crippen LogP contribution in [-0.2, 0) is 6.18 Å². The molecule has 0 saturated carbocycles. The van der Waals surface area contributed by atoms with E-state index in [0.717, 1.165) is 44.0 Å². The zero-order valence-electron chi connectivity index (χ0n) is 70.6. The van der Waals surface area contributed by atoms with Crippen molar-refractivity contribution in [2.45, 2.75) is 288 Å². The van der Waals surface area contributed by atoms with Crippen molar-refractivity contribution in [1.29, 1.82) is 0 Å². The Bertz CT molecular complexity index is 3880. The predicted molar refractivity (Wildman–Crippen MR) is 476 cm³/mol. The molecule has 0 nitrogen and oxygen atoms in total. The van der Waals surface area contributed by atoms with Gasteiger partial charge in [-0.1, -0.05) is 310 Å². The van der Waals surface area contributed by atoms with Crippen LogP contribution in [0.15, 0.2) is 194 Å². The summed E-state index contributed by atoms with van der Waals surface area (Å²) in [6.07, 6.45) is -4.24. The summed E-state index contributed by atoms with van der Waals surface area (Å²) in [6, 6.07) is 61.3. The first kappa shape index (κ1) is 108. The van der Waals surface area contributed by atoms with E-state index in [1.54, 1.807) is 57.2 Å². The Morgan fingerprint density at radius 2 is 0.595 bits per heavy atom. The van der Waals surface area contributed by atoms with Gasteiger partial charge in [0.05, 0.1) is 5.56 Å². The molecular weight excluding hydrogens is 1430 g/mol. The lowest BCUT2D eigenvalue weighted by molar-refractivity contribution is -0.137. The Labute approximate surface area is 680 Å². The molecule has 0 saturated heterocycles. The van der Waals surface area contributed by atoms with Crippen LogP contribution in [0.3, 0.4) is 0 Å². The zero-order valence-corrected chi connectivity index (χ0v) is 72.1. The number of rotatable bonds is 10. The summed E-state index contributed by atoms with van der Waals surface area (Å²) in [5.74, 6) is 3.01. The van der Waals surface area contributed by atoms with E-state index < -0.39 is 23.4 Å². The van der Waals surface area contributed by atoms with Crippen molar-refractivity contribution in [2.24, 2.45) is 0 Å². The van der Waals surface area contributed by atoms with Crippen molar-refractivity contribution in [1.82, 2.24) is 0 Å². The van der Waals surface area contributed by atoms with Gasteiger partial charge in [-0.2, -0.15) is 13.2 Å². The smallest absolute Gasteiger partial charge is 0.207 e. The molecule has 0 atom stereocenters. The maximum absolute atomic E-state index is 12.8. The van der Waals surface area contributed by atoms with Gasteiger partial charge in [0.2, 0.25) is 0 Å². The molecule has 10 rings (SSSR count). The summed E-state index contributed by atoms with van der Waals surface area (Å²) in [5, 5.41) is 0.841. The molecule has 111 heavy (non-hydrogen) atoms. The third kappa shape index (κ3) is 44.4. The fourth-order valence-corrected chi connectivity index (χ4v) is 11.4. The minimum absolute atomic E-state index is 0. The number of aryl methyl sites for hydroxylation is 9. The van der Waals surface area contributed by atoms with Gasteiger partial charge in [-0.05, 0) is 272 Å². The summed E-state index contributed by atoms with van der Waals surface area (Å²) in [4.78, 5) is 2.91. The Kier molecular flexibility index (Phi) is 52.5. The topological polar surface area (TPSA) is 0 Å². The van der Waals surface area contributed by atoms with E-state index in [0.29, 0.717) is 58.5 Å². The fourth-order valence-electron chi connectivity index (χ4n) is 10.2. The molecule has 1 aromatic heterocycles. The second kappa shape index (κ2) is 54.2. The molecule has 614 valence electrons. The average molecular weight is 1570 g/mol. The summed E-state index contributed by atoms with van der Waals surface area (Å²) >= 11 is 7.79. The molecule has 0 fully saturated rings. The van der Waals surface area contributed by atoms with Gasteiger partial charge >= 0.3 is 6.18 Å². The lowest BCUT2D eigenvalue weighted by Gasteiger charge is -2.12. The highest BCUT2D eigenvalue weighted by Crippen LogP contribution is 2.33. The number of hydrogen-bond acceptors (Lipinski definition) is 1. The Hall–Kier alpha value is -7.59. The number of benzene rings is 9. The first-order valence-electron chi connectivity index (χ1n) is 38.1. The molecule has 0 N–H and O–H groups in total. The van der Waals surface area contributed by atoms with Crippen LogP contribution in [-0.4, -0.2) is 0 Å². The lowest BCUT2D eigenvalue weighted by Crippen LogP contribution is -2.06. The van der Waals surface area contributed by atoms with E-state index in [1.807, 2.05) is 95.3 Å². The molecule has 0 aliphatic heterocycles. The summed E-state index contributed by atoms with van der Waals surface area (Å²) in [7, 11) is 0. The quantitative estimate of drug-likeness (QED) is 0.120. The van der Waals surface area contributed by atoms with Crippen molar-refractivity contribution in [3.63, 3.8) is 0 Å². The van der Waals surface area contributed by atoms with Crippen LogP contribution in [0, 0.1) is 91.4 Å². The second-order valence-electron chi connectivity index (χ2n) is 31.2. The van der Waals surface area contributed by atoms with Gasteiger partial charge in [0.15, 0.2) is 11.6 Å². The van der Waals surface area contributed by atoms with Gasteiger partial charge in [0.1, 0.15) is 17.5 Å². The predicted octanol–water partition coefficient (Wildman–Crippen LogP) is 35.2. The first-order chi connectivity index (χ1) is 50.1. The van der Waals surface area contributed by atoms with E-state index >= 15 is 0 Å². The normalized spacial score (nSPS) is 10.5. The van der Waals surface area contributed by atoms with Gasteiger partial charge in [-0.25, -0.2) is 22.0 Å². The Morgan fingerprint density at radius 3 is 0.892 bits per heavy atom. The van der Waals surface area contributed by atoms with Crippen LogP contribution in [0.5, 0.6) is 0 Å². The van der Waals surface area contributed by atoms with E-state index in [1.165, 1.54) is 78.5 Å². The number of halogens is 9. The van der Waals surface area contributed by atoms with Crippen molar-refractivity contribution in [2.75, 3.05) is 0 Å². The van der Waals surface area contributed by atoms with Crippen molar-refractivity contribution < 1.29 is 35.1 Å². The SMILES string of the molecule is C.C.C.CC(C)c1ccccc1.Cc1cc(C(C)C)cc(C(F)(F)F)c1.Cc1cc(C(C)C)cc(F)c1F.Cc1cc(C(C)C)ccc1F.Cc1cc(Cl)cc(C(C)C)c1.Cc1cc(F)cc(C(C)C)c1.Cc1cc(F)cc(C(C)C)c1.Cc1ccc(C(C)C)cc1.Cc1ccc(C(C)C)cc1.Cc1ccc(C(C)C)s1. The summed E-state index contributed by atoms with van der Waals surface area (Å²) in [5.41, 5.74) is 17.6. The second-order valence-corrected chi connectivity index (χ2v) is 32.9. The number of hydrogen-bond donors (Lipinski definition) is 0. The average Bonchev–Trinajstić information content (AvgIpc) is 1.18. The third-order valence-electron chi connectivity index (χ3n) is 17.3. The van der Waals surface area contributed by atoms with Crippen molar-refractivity contribution >= 4 is 22.9 Å². The molecule has 0 aliphatic carbocycles. The van der Waals surface area contributed by atoms with Crippen LogP contribution < -0.4 is 0 Å². The highest BCUT2D eigenvalue weighted by molar-refractivity contribution is 7.12. The molecule has 0 unspecified atom stereocenters. The summed E-state index contributed by atoms with van der Waals surface area (Å²) in [6.45, 7) is 59.5. The minimum Gasteiger partial charge on any atom is -0.207 e. The molecule has 10 aromatic rings. The van der Waals surface area contributed by atoms with Crippen molar-refractivity contribution in [3.05, 3.63) is 338 Å². The fraction of sp³-hybridized carbons (Fsp3) is 0.426. The lowest BCUT2D eigenvalue weighted by atomic mass is 9.98.